The lowest BCUT2D eigenvalue weighted by Crippen LogP contribution is -2.32. The summed E-state index contributed by atoms with van der Waals surface area (Å²) in [4.78, 5) is 29.2. The van der Waals surface area contributed by atoms with Crippen molar-refractivity contribution >= 4 is 40.5 Å². The summed E-state index contributed by atoms with van der Waals surface area (Å²) in [5.41, 5.74) is 1.75. The van der Waals surface area contributed by atoms with Crippen LogP contribution in [-0.2, 0) is 15.3 Å². The highest BCUT2D eigenvalue weighted by Gasteiger charge is 2.39. The van der Waals surface area contributed by atoms with Crippen LogP contribution in [0.5, 0.6) is 0 Å². The fourth-order valence-electron chi connectivity index (χ4n) is 3.66. The molecule has 160 valence electrons. The fraction of sp³-hybridized carbons (Fsp3) is 0.440. The quantitative estimate of drug-likeness (QED) is 0.250. The van der Waals surface area contributed by atoms with Gasteiger partial charge >= 0.3 is 0 Å². The van der Waals surface area contributed by atoms with Gasteiger partial charge < -0.3 is 0 Å². The summed E-state index contributed by atoms with van der Waals surface area (Å²) in [5, 5.41) is 1.96. The van der Waals surface area contributed by atoms with Crippen LogP contribution in [0.25, 0.3) is 5.57 Å². The Morgan fingerprint density at radius 1 is 0.833 bits per heavy atom. The largest absolute Gasteiger partial charge is 0.274 e. The Balaban J connectivity index is 1.58. The van der Waals surface area contributed by atoms with Crippen molar-refractivity contribution in [3.63, 3.8) is 0 Å². The molecule has 0 fully saturated rings. The van der Waals surface area contributed by atoms with Crippen LogP contribution >= 0.6 is 23.1 Å². The molecule has 2 aromatic rings. The number of imide groups is 1. The maximum absolute atomic E-state index is 13.1. The molecule has 0 unspecified atom stereocenters. The van der Waals surface area contributed by atoms with Gasteiger partial charge in [0.15, 0.2) is 0 Å². The van der Waals surface area contributed by atoms with Gasteiger partial charge in [-0.2, -0.15) is 0 Å². The van der Waals surface area contributed by atoms with Gasteiger partial charge in [-0.1, -0.05) is 88.3 Å². The van der Waals surface area contributed by atoms with Crippen molar-refractivity contribution in [2.45, 2.75) is 64.0 Å². The van der Waals surface area contributed by atoms with Crippen molar-refractivity contribution in [1.82, 2.24) is 4.90 Å². The summed E-state index contributed by atoms with van der Waals surface area (Å²) in [5.74, 6) is 0.448. The van der Waals surface area contributed by atoms with E-state index in [-0.39, 0.29) is 11.8 Å². The second-order valence-electron chi connectivity index (χ2n) is 7.69. The molecule has 0 bridgehead atoms. The molecule has 3 rings (SSSR count). The molecule has 1 aliphatic rings. The molecule has 0 N–H and O–H groups in total. The Morgan fingerprint density at radius 2 is 1.53 bits per heavy atom. The van der Waals surface area contributed by atoms with Crippen molar-refractivity contribution in [1.29, 1.82) is 0 Å². The lowest BCUT2D eigenvalue weighted by atomic mass is 10.1. The minimum Gasteiger partial charge on any atom is -0.274 e. The molecule has 0 atom stereocenters. The Hall–Kier alpha value is -1.85. The zero-order valence-electron chi connectivity index (χ0n) is 17.8. The van der Waals surface area contributed by atoms with Gasteiger partial charge in [-0.3, -0.25) is 14.5 Å². The monoisotopic (exact) mass is 441 g/mol. The number of carbonyl (C=O) groups is 2. The molecule has 0 aliphatic carbocycles. The van der Waals surface area contributed by atoms with Crippen LogP contribution < -0.4 is 0 Å². The third-order valence-electron chi connectivity index (χ3n) is 5.35. The molecule has 0 radical (unpaired) electrons. The maximum Gasteiger partial charge on any atom is 0.268 e. The lowest BCUT2D eigenvalue weighted by Gasteiger charge is -2.14. The molecular formula is C25H31NO2S2. The first kappa shape index (κ1) is 22.8. The molecule has 0 saturated carbocycles. The summed E-state index contributed by atoms with van der Waals surface area (Å²) in [6, 6.07) is 14.0. The molecule has 5 heteroatoms. The predicted molar refractivity (Wildman–Crippen MR) is 128 cm³/mol. The number of nitrogens with zero attached hydrogens (tertiary/aromatic N) is 1. The van der Waals surface area contributed by atoms with Gasteiger partial charge in [-0.05, 0) is 23.4 Å². The van der Waals surface area contributed by atoms with Crippen LogP contribution in [0.3, 0.4) is 0 Å². The number of thioether (sulfide) groups is 1. The number of benzene rings is 1. The Bertz CT molecular complexity index is 843. The summed E-state index contributed by atoms with van der Waals surface area (Å²) >= 11 is 3.01. The van der Waals surface area contributed by atoms with E-state index in [0.717, 1.165) is 23.3 Å². The zero-order valence-corrected chi connectivity index (χ0v) is 19.4. The molecule has 1 aromatic heterocycles. The minimum atomic E-state index is -0.124. The van der Waals surface area contributed by atoms with Crippen LogP contribution in [-0.4, -0.2) is 23.3 Å². The van der Waals surface area contributed by atoms with Crippen molar-refractivity contribution in [2.24, 2.45) is 0 Å². The van der Waals surface area contributed by atoms with Gasteiger partial charge in [0, 0.05) is 17.2 Å². The first-order valence-electron chi connectivity index (χ1n) is 11.0. The van der Waals surface area contributed by atoms with Crippen molar-refractivity contribution in [2.75, 3.05) is 6.54 Å². The average molecular weight is 442 g/mol. The molecule has 2 amide bonds. The van der Waals surface area contributed by atoms with Gasteiger partial charge in [0.1, 0.15) is 0 Å². The average Bonchev–Trinajstić information content (AvgIpc) is 3.36. The molecule has 30 heavy (non-hydrogen) atoms. The first-order valence-corrected chi connectivity index (χ1v) is 12.9. The van der Waals surface area contributed by atoms with E-state index in [0.29, 0.717) is 22.8 Å². The minimum absolute atomic E-state index is 0.118. The number of hydrogen-bond donors (Lipinski definition) is 0. The summed E-state index contributed by atoms with van der Waals surface area (Å²) in [6.45, 7) is 2.76. The third kappa shape index (κ3) is 6.08. The Kier molecular flexibility index (Phi) is 9.22. The van der Waals surface area contributed by atoms with E-state index in [1.54, 1.807) is 0 Å². The number of thiophene rings is 1. The van der Waals surface area contributed by atoms with Gasteiger partial charge in [0.05, 0.1) is 10.5 Å². The standard InChI is InChI=1S/C25H31NO2S2/c1-2-3-4-5-6-7-8-12-17-26-24(27)22(21-16-13-18-29-21)23(25(26)28)30-19-20-14-10-9-11-15-20/h9-11,13-16,18H,2-8,12,17,19H2,1H3. The SMILES string of the molecule is CCCCCCCCCCN1C(=O)C(SCc2ccccc2)=C(c2cccs2)C1=O. The Morgan fingerprint density at radius 3 is 2.20 bits per heavy atom. The lowest BCUT2D eigenvalue weighted by molar-refractivity contribution is -0.136. The number of amides is 2. The van der Waals surface area contributed by atoms with E-state index in [2.05, 4.69) is 19.1 Å². The highest BCUT2D eigenvalue weighted by Crippen LogP contribution is 2.39. The van der Waals surface area contributed by atoms with Crippen molar-refractivity contribution < 1.29 is 9.59 Å². The van der Waals surface area contributed by atoms with Crippen LogP contribution in [0, 0.1) is 0 Å². The number of carbonyl (C=O) groups excluding carboxylic acids is 2. The van der Waals surface area contributed by atoms with E-state index in [1.807, 2.05) is 35.7 Å². The molecule has 0 spiro atoms. The van der Waals surface area contributed by atoms with E-state index in [1.165, 1.54) is 66.5 Å². The van der Waals surface area contributed by atoms with Crippen LogP contribution in [0.15, 0.2) is 52.7 Å². The molecule has 2 heterocycles. The van der Waals surface area contributed by atoms with Gasteiger partial charge in [0.2, 0.25) is 0 Å². The predicted octanol–water partition coefficient (Wildman–Crippen LogP) is 6.90. The Labute approximate surface area is 188 Å². The molecular weight excluding hydrogens is 410 g/mol. The van der Waals surface area contributed by atoms with E-state index >= 15 is 0 Å². The topological polar surface area (TPSA) is 37.4 Å². The highest BCUT2D eigenvalue weighted by molar-refractivity contribution is 8.03. The molecule has 0 saturated heterocycles. The molecule has 1 aromatic carbocycles. The third-order valence-corrected chi connectivity index (χ3v) is 7.39. The number of hydrogen-bond acceptors (Lipinski definition) is 4. The van der Waals surface area contributed by atoms with Crippen LogP contribution in [0.2, 0.25) is 0 Å². The summed E-state index contributed by atoms with van der Waals surface area (Å²) < 4.78 is 0. The zero-order chi connectivity index (χ0) is 21.2. The van der Waals surface area contributed by atoms with Gasteiger partial charge in [0.25, 0.3) is 11.8 Å². The number of unbranched alkanes of at least 4 members (excludes halogenated alkanes) is 7. The van der Waals surface area contributed by atoms with Gasteiger partial charge in [-0.25, -0.2) is 0 Å². The van der Waals surface area contributed by atoms with E-state index in [4.69, 9.17) is 0 Å². The van der Waals surface area contributed by atoms with Crippen molar-refractivity contribution in [3.8, 4) is 0 Å². The summed E-state index contributed by atoms with van der Waals surface area (Å²) in [7, 11) is 0. The fourth-order valence-corrected chi connectivity index (χ4v) is 5.57. The van der Waals surface area contributed by atoms with Crippen LogP contribution in [0.4, 0.5) is 0 Å². The second kappa shape index (κ2) is 12.1. The molecule has 1 aliphatic heterocycles. The van der Waals surface area contributed by atoms with E-state index in [9.17, 15) is 9.59 Å². The first-order chi connectivity index (χ1) is 14.7. The number of rotatable bonds is 13. The van der Waals surface area contributed by atoms with Gasteiger partial charge in [-0.15, -0.1) is 23.1 Å². The summed E-state index contributed by atoms with van der Waals surface area (Å²) in [6.07, 6.45) is 9.58. The highest BCUT2D eigenvalue weighted by atomic mass is 32.2. The molecule has 3 nitrogen and oxygen atoms in total. The normalized spacial score (nSPS) is 14.2. The maximum atomic E-state index is 13.1. The second-order valence-corrected chi connectivity index (χ2v) is 9.63. The smallest absolute Gasteiger partial charge is 0.268 e. The van der Waals surface area contributed by atoms with Crippen molar-refractivity contribution in [3.05, 3.63) is 63.2 Å². The van der Waals surface area contributed by atoms with Crippen LogP contribution in [0.1, 0.15) is 68.7 Å². The van der Waals surface area contributed by atoms with E-state index < -0.39 is 0 Å².